The second-order valence-electron chi connectivity index (χ2n) is 7.58. The minimum absolute atomic E-state index is 0.0327. The summed E-state index contributed by atoms with van der Waals surface area (Å²) in [6, 6.07) is 4.75. The lowest BCUT2D eigenvalue weighted by Crippen LogP contribution is -2.40. The van der Waals surface area contributed by atoms with Crippen LogP contribution in [0.2, 0.25) is 0 Å². The minimum Gasteiger partial charge on any atom is -0.352 e. The largest absolute Gasteiger partial charge is 0.352 e. The molecular weight excluding hydrogens is 372 g/mol. The highest BCUT2D eigenvalue weighted by Crippen LogP contribution is 2.28. The van der Waals surface area contributed by atoms with E-state index in [-0.39, 0.29) is 35.5 Å². The van der Waals surface area contributed by atoms with E-state index in [9.17, 15) is 18.4 Å². The predicted molar refractivity (Wildman–Crippen MR) is 99.6 cm³/mol. The summed E-state index contributed by atoms with van der Waals surface area (Å²) in [5.74, 6) is -1.58. The molecule has 0 fully saturated rings. The molecule has 0 aliphatic carbocycles. The molecule has 2 heterocycles. The molecule has 0 spiro atoms. The van der Waals surface area contributed by atoms with Gasteiger partial charge in [-0.25, -0.2) is 13.8 Å². The first-order valence-electron chi connectivity index (χ1n) is 8.62. The first kappa shape index (κ1) is 19.5. The highest BCUT2D eigenvalue weighted by atomic mass is 32.2. The van der Waals surface area contributed by atoms with E-state index in [1.54, 1.807) is 0 Å². The number of hydrogen-bond acceptors (Lipinski definition) is 4. The van der Waals surface area contributed by atoms with E-state index in [4.69, 9.17) is 0 Å². The molecule has 144 valence electrons. The zero-order valence-electron chi connectivity index (χ0n) is 15.4. The normalized spacial score (nSPS) is 16.7. The summed E-state index contributed by atoms with van der Waals surface area (Å²) in [7, 11) is 0. The van der Waals surface area contributed by atoms with Crippen molar-refractivity contribution in [1.82, 2.24) is 14.9 Å². The predicted octanol–water partition coefficient (Wildman–Crippen LogP) is 2.86. The Morgan fingerprint density at radius 3 is 2.74 bits per heavy atom. The van der Waals surface area contributed by atoms with Gasteiger partial charge in [-0.3, -0.25) is 14.2 Å². The van der Waals surface area contributed by atoms with Crippen molar-refractivity contribution >= 4 is 17.7 Å². The van der Waals surface area contributed by atoms with Gasteiger partial charge in [0.05, 0.1) is 11.6 Å². The Balaban J connectivity index is 1.70. The fraction of sp³-hybridized carbons (Fsp3) is 0.421. The van der Waals surface area contributed by atoms with Gasteiger partial charge < -0.3 is 5.32 Å². The molecular formula is C19H21F2N3O2S. The number of nitrogens with zero attached hydrogens (tertiary/aromatic N) is 2. The number of thioether (sulfide) groups is 1. The van der Waals surface area contributed by atoms with E-state index in [0.717, 1.165) is 17.8 Å². The van der Waals surface area contributed by atoms with Gasteiger partial charge in [0.1, 0.15) is 11.6 Å². The third kappa shape index (κ3) is 4.37. The van der Waals surface area contributed by atoms with Crippen LogP contribution in [0.25, 0.3) is 0 Å². The smallest absolute Gasteiger partial charge is 0.254 e. The van der Waals surface area contributed by atoms with Gasteiger partial charge in [-0.15, -0.1) is 0 Å². The van der Waals surface area contributed by atoms with Crippen LogP contribution in [0, 0.1) is 17.6 Å². The number of halogens is 2. The number of nitrogens with one attached hydrogen (secondary N) is 1. The van der Waals surface area contributed by atoms with Gasteiger partial charge in [0.2, 0.25) is 5.91 Å². The number of aromatic nitrogens is 2. The zero-order valence-corrected chi connectivity index (χ0v) is 16.2. The Morgan fingerprint density at radius 2 is 2.07 bits per heavy atom. The lowest BCUT2D eigenvalue weighted by Gasteiger charge is -2.26. The van der Waals surface area contributed by atoms with Crippen LogP contribution in [-0.4, -0.2) is 21.2 Å². The number of rotatable bonds is 3. The molecule has 1 N–H and O–H groups in total. The van der Waals surface area contributed by atoms with E-state index in [2.05, 4.69) is 10.3 Å². The molecule has 3 rings (SSSR count). The number of carbonyl (C=O) groups is 1. The van der Waals surface area contributed by atoms with Gasteiger partial charge in [0.15, 0.2) is 5.16 Å². The summed E-state index contributed by atoms with van der Waals surface area (Å²) in [4.78, 5) is 29.5. The molecule has 0 radical (unpaired) electrons. The number of fused-ring (bicyclic) bond motifs is 1. The fourth-order valence-electron chi connectivity index (χ4n) is 2.75. The van der Waals surface area contributed by atoms with E-state index in [1.807, 2.05) is 20.8 Å². The van der Waals surface area contributed by atoms with Crippen molar-refractivity contribution in [3.05, 3.63) is 57.5 Å². The van der Waals surface area contributed by atoms with Crippen LogP contribution < -0.4 is 10.9 Å². The Morgan fingerprint density at radius 1 is 1.33 bits per heavy atom. The first-order chi connectivity index (χ1) is 12.6. The summed E-state index contributed by atoms with van der Waals surface area (Å²) >= 11 is 1.36. The van der Waals surface area contributed by atoms with Crippen LogP contribution in [0.1, 0.15) is 32.0 Å². The molecule has 1 aromatic carbocycles. The van der Waals surface area contributed by atoms with Gasteiger partial charge in [-0.05, 0) is 6.07 Å². The lowest BCUT2D eigenvalue weighted by molar-refractivity contribution is -0.125. The van der Waals surface area contributed by atoms with E-state index < -0.39 is 17.6 Å². The van der Waals surface area contributed by atoms with Crippen molar-refractivity contribution in [3.63, 3.8) is 0 Å². The molecule has 1 aromatic heterocycles. The first-order valence-corrected chi connectivity index (χ1v) is 9.60. The molecule has 1 unspecified atom stereocenters. The van der Waals surface area contributed by atoms with Crippen molar-refractivity contribution in [2.45, 2.75) is 44.4 Å². The summed E-state index contributed by atoms with van der Waals surface area (Å²) in [6.07, 6.45) is 0. The topological polar surface area (TPSA) is 64.0 Å². The van der Waals surface area contributed by atoms with Crippen molar-refractivity contribution in [3.8, 4) is 0 Å². The second kappa shape index (κ2) is 7.42. The Bertz CT molecular complexity index is 938. The number of benzene rings is 1. The highest BCUT2D eigenvalue weighted by molar-refractivity contribution is 7.99. The van der Waals surface area contributed by atoms with Crippen LogP contribution >= 0.6 is 11.8 Å². The second-order valence-corrected chi connectivity index (χ2v) is 8.57. The average molecular weight is 393 g/mol. The van der Waals surface area contributed by atoms with Crippen molar-refractivity contribution in [2.75, 3.05) is 5.75 Å². The lowest BCUT2D eigenvalue weighted by atomic mass is 9.92. The Hall–Kier alpha value is -2.22. The van der Waals surface area contributed by atoms with Crippen LogP contribution in [0.15, 0.2) is 34.2 Å². The molecule has 1 aliphatic heterocycles. The summed E-state index contributed by atoms with van der Waals surface area (Å²) in [5, 5.41) is 3.28. The maximum atomic E-state index is 13.7. The van der Waals surface area contributed by atoms with Crippen molar-refractivity contribution < 1.29 is 13.6 Å². The van der Waals surface area contributed by atoms with E-state index in [0.29, 0.717) is 10.9 Å². The molecule has 0 saturated carbocycles. The number of carbonyl (C=O) groups excluding carboxylic acids is 1. The van der Waals surface area contributed by atoms with Gasteiger partial charge in [0.25, 0.3) is 5.56 Å². The molecule has 1 atom stereocenters. The third-order valence-electron chi connectivity index (χ3n) is 4.40. The molecule has 8 heteroatoms. The van der Waals surface area contributed by atoms with Gasteiger partial charge >= 0.3 is 0 Å². The fourth-order valence-corrected chi connectivity index (χ4v) is 3.84. The molecule has 2 aromatic rings. The maximum absolute atomic E-state index is 13.7. The molecule has 1 amide bonds. The maximum Gasteiger partial charge on any atom is 0.254 e. The van der Waals surface area contributed by atoms with E-state index in [1.165, 1.54) is 28.5 Å². The summed E-state index contributed by atoms with van der Waals surface area (Å²) in [6.45, 7) is 6.17. The Labute approximate surface area is 160 Å². The minimum atomic E-state index is -0.700. The van der Waals surface area contributed by atoms with Crippen molar-refractivity contribution in [1.29, 1.82) is 0 Å². The summed E-state index contributed by atoms with van der Waals surface area (Å²) < 4.78 is 28.1. The number of amides is 1. The average Bonchev–Trinajstić information content (AvgIpc) is 2.59. The van der Waals surface area contributed by atoms with Gasteiger partial charge in [0, 0.05) is 42.0 Å². The molecule has 0 saturated heterocycles. The van der Waals surface area contributed by atoms with E-state index >= 15 is 0 Å². The summed E-state index contributed by atoms with van der Waals surface area (Å²) in [5.41, 5.74) is 0.519. The molecule has 0 bridgehead atoms. The standard InChI is InChI=1S/C19H21F2N3O2S/c1-19(2,3)15-7-16(25)24-9-12(10-27-18(24)23-15)17(26)22-8-11-4-5-13(20)6-14(11)21/h4-7,12H,8-10H2,1-3H3,(H,22,26). The molecule has 1 aliphatic rings. The van der Waals surface area contributed by atoms with Gasteiger partial charge in [-0.1, -0.05) is 38.6 Å². The Kier molecular flexibility index (Phi) is 5.37. The third-order valence-corrected chi connectivity index (χ3v) is 5.54. The van der Waals surface area contributed by atoms with Crippen LogP contribution in [0.3, 0.4) is 0 Å². The van der Waals surface area contributed by atoms with Crippen LogP contribution in [0.4, 0.5) is 8.78 Å². The number of hydrogen-bond donors (Lipinski definition) is 1. The van der Waals surface area contributed by atoms with Crippen LogP contribution in [0.5, 0.6) is 0 Å². The van der Waals surface area contributed by atoms with Crippen molar-refractivity contribution in [2.24, 2.45) is 5.92 Å². The quantitative estimate of drug-likeness (QED) is 0.815. The highest BCUT2D eigenvalue weighted by Gasteiger charge is 2.28. The monoisotopic (exact) mass is 393 g/mol. The molecule has 5 nitrogen and oxygen atoms in total. The van der Waals surface area contributed by atoms with Crippen LogP contribution in [-0.2, 0) is 23.3 Å². The van der Waals surface area contributed by atoms with Gasteiger partial charge in [-0.2, -0.15) is 0 Å². The zero-order chi connectivity index (χ0) is 19.8. The SMILES string of the molecule is CC(C)(C)c1cc(=O)n2c(n1)SCC(C(=O)NCc1ccc(F)cc1F)C2. The molecule has 27 heavy (non-hydrogen) atoms.